The van der Waals surface area contributed by atoms with Crippen LogP contribution in [0.15, 0.2) is 22.7 Å². The van der Waals surface area contributed by atoms with Gasteiger partial charge in [0.15, 0.2) is 0 Å². The molecule has 13 heavy (non-hydrogen) atoms. The number of alkyl halides is 1. The van der Waals surface area contributed by atoms with E-state index in [1.54, 1.807) is 6.92 Å². The number of hydrogen-bond donors (Lipinski definition) is 1. The van der Waals surface area contributed by atoms with Gasteiger partial charge in [-0.3, -0.25) is 0 Å². The van der Waals surface area contributed by atoms with Crippen LogP contribution in [0.5, 0.6) is 0 Å². The summed E-state index contributed by atoms with van der Waals surface area (Å²) < 4.78 is 14.2. The molecule has 70 valence electrons. The maximum atomic E-state index is 13.2. The third-order valence-corrected chi connectivity index (χ3v) is 3.16. The highest BCUT2D eigenvalue weighted by atomic mass is 79.9. The summed E-state index contributed by atoms with van der Waals surface area (Å²) in [5, 5.41) is 3.21. The van der Waals surface area contributed by atoms with E-state index in [4.69, 9.17) is 0 Å². The number of fused-ring (bicyclic) bond motifs is 1. The Kier molecular flexibility index (Phi) is 2.28. The third kappa shape index (κ3) is 1.46. The lowest BCUT2D eigenvalue weighted by Crippen LogP contribution is -2.11. The molecule has 2 atom stereocenters. The number of hydrogen-bond acceptors (Lipinski definition) is 1. The van der Waals surface area contributed by atoms with E-state index in [0.717, 1.165) is 15.7 Å². The average Bonchev–Trinajstić information content (AvgIpc) is 2.48. The second kappa shape index (κ2) is 3.29. The number of para-hydroxylation sites is 1. The molecule has 1 heterocycles. The van der Waals surface area contributed by atoms with Crippen LogP contribution in [0, 0.1) is 0 Å². The van der Waals surface area contributed by atoms with E-state index in [-0.39, 0.29) is 5.92 Å². The minimum atomic E-state index is -0.789. The highest BCUT2D eigenvalue weighted by Gasteiger charge is 2.27. The van der Waals surface area contributed by atoms with Gasteiger partial charge in [0.1, 0.15) is 6.17 Å². The maximum Gasteiger partial charge on any atom is 0.106 e. The van der Waals surface area contributed by atoms with Crippen molar-refractivity contribution < 1.29 is 4.39 Å². The van der Waals surface area contributed by atoms with Crippen LogP contribution in [-0.2, 0) is 0 Å². The van der Waals surface area contributed by atoms with Gasteiger partial charge in [0.2, 0.25) is 0 Å². The monoisotopic (exact) mass is 243 g/mol. The van der Waals surface area contributed by atoms with Crippen LogP contribution in [-0.4, -0.2) is 12.7 Å². The molecule has 0 saturated heterocycles. The SMILES string of the molecule is CC(F)C1CNc2c(Br)cccc21. The molecular formula is C10H11BrFN. The minimum Gasteiger partial charge on any atom is -0.383 e. The predicted molar refractivity (Wildman–Crippen MR) is 55.9 cm³/mol. The maximum absolute atomic E-state index is 13.2. The van der Waals surface area contributed by atoms with Gasteiger partial charge in [-0.25, -0.2) is 4.39 Å². The second-order valence-corrected chi connectivity index (χ2v) is 4.22. The quantitative estimate of drug-likeness (QED) is 0.799. The molecule has 0 bridgehead atoms. The van der Waals surface area contributed by atoms with Crippen molar-refractivity contribution in [2.24, 2.45) is 0 Å². The van der Waals surface area contributed by atoms with Crippen LogP contribution in [0.2, 0.25) is 0 Å². The first-order chi connectivity index (χ1) is 6.20. The predicted octanol–water partition coefficient (Wildman–Crippen LogP) is 3.32. The Labute approximate surface area is 85.5 Å². The molecule has 0 saturated carbocycles. The topological polar surface area (TPSA) is 12.0 Å². The molecular weight excluding hydrogens is 233 g/mol. The molecule has 1 aromatic carbocycles. The normalized spacial score (nSPS) is 22.2. The third-order valence-electron chi connectivity index (χ3n) is 2.50. The zero-order valence-corrected chi connectivity index (χ0v) is 8.94. The molecule has 1 nitrogen and oxygen atoms in total. The molecule has 1 aliphatic rings. The Hall–Kier alpha value is -0.570. The van der Waals surface area contributed by atoms with Gasteiger partial charge in [0.05, 0.1) is 5.69 Å². The van der Waals surface area contributed by atoms with Crippen molar-refractivity contribution in [1.29, 1.82) is 0 Å². The van der Waals surface area contributed by atoms with Crippen LogP contribution in [0.3, 0.4) is 0 Å². The molecule has 0 spiro atoms. The summed E-state index contributed by atoms with van der Waals surface area (Å²) in [5.41, 5.74) is 2.14. The molecule has 1 N–H and O–H groups in total. The summed E-state index contributed by atoms with van der Waals surface area (Å²) >= 11 is 3.44. The Balaban J connectivity index is 2.43. The second-order valence-electron chi connectivity index (χ2n) is 3.37. The van der Waals surface area contributed by atoms with Gasteiger partial charge >= 0.3 is 0 Å². The average molecular weight is 244 g/mol. The highest BCUT2D eigenvalue weighted by Crippen LogP contribution is 2.38. The smallest absolute Gasteiger partial charge is 0.106 e. The van der Waals surface area contributed by atoms with Crippen molar-refractivity contribution in [3.05, 3.63) is 28.2 Å². The van der Waals surface area contributed by atoms with Crippen molar-refractivity contribution in [3.8, 4) is 0 Å². The zero-order valence-electron chi connectivity index (χ0n) is 7.35. The van der Waals surface area contributed by atoms with Crippen molar-refractivity contribution in [2.75, 3.05) is 11.9 Å². The van der Waals surface area contributed by atoms with Crippen molar-refractivity contribution in [3.63, 3.8) is 0 Å². The van der Waals surface area contributed by atoms with E-state index >= 15 is 0 Å². The molecule has 2 rings (SSSR count). The van der Waals surface area contributed by atoms with Crippen molar-refractivity contribution in [1.82, 2.24) is 0 Å². The largest absolute Gasteiger partial charge is 0.383 e. The number of rotatable bonds is 1. The van der Waals surface area contributed by atoms with Gasteiger partial charge in [-0.2, -0.15) is 0 Å². The Morgan fingerprint density at radius 2 is 2.38 bits per heavy atom. The lowest BCUT2D eigenvalue weighted by molar-refractivity contribution is 0.317. The molecule has 0 aliphatic carbocycles. The molecule has 2 unspecified atom stereocenters. The van der Waals surface area contributed by atoms with Gasteiger partial charge < -0.3 is 5.32 Å². The zero-order chi connectivity index (χ0) is 9.42. The minimum absolute atomic E-state index is 0.00694. The van der Waals surface area contributed by atoms with Gasteiger partial charge in [0.25, 0.3) is 0 Å². The fraction of sp³-hybridized carbons (Fsp3) is 0.400. The standard InChI is InChI=1S/C10H11BrFN/c1-6(12)8-5-13-10-7(8)3-2-4-9(10)11/h2-4,6,8,13H,5H2,1H3. The van der Waals surface area contributed by atoms with Crippen LogP contribution in [0.25, 0.3) is 0 Å². The number of nitrogens with one attached hydrogen (secondary N) is 1. The van der Waals surface area contributed by atoms with Gasteiger partial charge in [-0.1, -0.05) is 12.1 Å². The van der Waals surface area contributed by atoms with Crippen LogP contribution < -0.4 is 5.32 Å². The molecule has 0 aromatic heterocycles. The lowest BCUT2D eigenvalue weighted by Gasteiger charge is -2.10. The van der Waals surface area contributed by atoms with Crippen molar-refractivity contribution in [2.45, 2.75) is 19.0 Å². The number of anilines is 1. The van der Waals surface area contributed by atoms with E-state index in [2.05, 4.69) is 21.2 Å². The molecule has 3 heteroatoms. The number of halogens is 2. The Morgan fingerprint density at radius 3 is 3.08 bits per heavy atom. The molecule has 0 amide bonds. The highest BCUT2D eigenvalue weighted by molar-refractivity contribution is 9.10. The van der Waals surface area contributed by atoms with Crippen LogP contribution in [0.4, 0.5) is 10.1 Å². The van der Waals surface area contributed by atoms with E-state index in [1.165, 1.54) is 0 Å². The summed E-state index contributed by atoms with van der Waals surface area (Å²) in [6.07, 6.45) is -0.789. The Morgan fingerprint density at radius 1 is 1.62 bits per heavy atom. The van der Waals surface area contributed by atoms with E-state index in [0.29, 0.717) is 6.54 Å². The summed E-state index contributed by atoms with van der Waals surface area (Å²) in [6, 6.07) is 5.91. The number of benzene rings is 1. The fourth-order valence-electron chi connectivity index (χ4n) is 1.77. The van der Waals surface area contributed by atoms with E-state index in [9.17, 15) is 4.39 Å². The lowest BCUT2D eigenvalue weighted by atomic mass is 9.98. The van der Waals surface area contributed by atoms with Gasteiger partial charge in [-0.05, 0) is 34.5 Å². The van der Waals surface area contributed by atoms with E-state index in [1.807, 2.05) is 18.2 Å². The van der Waals surface area contributed by atoms with Crippen LogP contribution >= 0.6 is 15.9 Å². The van der Waals surface area contributed by atoms with Crippen molar-refractivity contribution >= 4 is 21.6 Å². The first-order valence-electron chi connectivity index (χ1n) is 4.36. The Bertz CT molecular complexity index is 325. The van der Waals surface area contributed by atoms with Crippen LogP contribution in [0.1, 0.15) is 18.4 Å². The summed E-state index contributed by atoms with van der Waals surface area (Å²) in [7, 11) is 0. The summed E-state index contributed by atoms with van der Waals surface area (Å²) in [6.45, 7) is 2.32. The first kappa shape index (κ1) is 9.00. The molecule has 0 radical (unpaired) electrons. The molecule has 0 fully saturated rings. The fourth-order valence-corrected chi connectivity index (χ4v) is 2.29. The van der Waals surface area contributed by atoms with Gasteiger partial charge in [-0.15, -0.1) is 0 Å². The first-order valence-corrected chi connectivity index (χ1v) is 5.16. The molecule has 1 aromatic rings. The molecule has 1 aliphatic heterocycles. The van der Waals surface area contributed by atoms with E-state index < -0.39 is 6.17 Å². The van der Waals surface area contributed by atoms with Gasteiger partial charge in [0, 0.05) is 16.9 Å². The summed E-state index contributed by atoms with van der Waals surface area (Å²) in [5.74, 6) is 0.00694. The summed E-state index contributed by atoms with van der Waals surface area (Å²) in [4.78, 5) is 0.